The molecule has 0 unspecified atom stereocenters. The van der Waals surface area contributed by atoms with Crippen LogP contribution in [0.3, 0.4) is 0 Å². The predicted molar refractivity (Wildman–Crippen MR) is 139 cm³/mol. The number of esters is 1. The fourth-order valence-corrected chi connectivity index (χ4v) is 5.55. The van der Waals surface area contributed by atoms with Crippen molar-refractivity contribution in [1.29, 1.82) is 0 Å². The Morgan fingerprint density at radius 3 is 2.49 bits per heavy atom. The van der Waals surface area contributed by atoms with Gasteiger partial charge in [-0.25, -0.2) is 9.78 Å². The van der Waals surface area contributed by atoms with Crippen LogP contribution in [0, 0.1) is 6.92 Å². The molecule has 4 rings (SSSR count). The summed E-state index contributed by atoms with van der Waals surface area (Å²) in [4.78, 5) is 45.8. The summed E-state index contributed by atoms with van der Waals surface area (Å²) >= 11 is 0. The molecule has 2 aliphatic rings. The second-order valence-electron chi connectivity index (χ2n) is 9.88. The normalized spacial score (nSPS) is 15.6. The fraction of sp³-hybridized carbons (Fsp3) is 0.571. The minimum absolute atomic E-state index is 0.00848. The summed E-state index contributed by atoms with van der Waals surface area (Å²) in [5.41, 5.74) is 4.45. The molecule has 200 valence electrons. The lowest BCUT2D eigenvalue weighted by atomic mass is 9.74. The van der Waals surface area contributed by atoms with Gasteiger partial charge in [0.25, 0.3) is 0 Å². The van der Waals surface area contributed by atoms with Crippen molar-refractivity contribution in [2.45, 2.75) is 78.8 Å². The van der Waals surface area contributed by atoms with Crippen molar-refractivity contribution >= 4 is 23.7 Å². The highest BCUT2D eigenvalue weighted by Gasteiger charge is 2.59. The molecule has 0 bridgehead atoms. The maximum Gasteiger partial charge on any atom is 0.409 e. The number of carbonyl (C=O) groups is 3. The molecule has 2 amide bonds. The van der Waals surface area contributed by atoms with Crippen LogP contribution in [0.15, 0.2) is 18.2 Å². The van der Waals surface area contributed by atoms with Crippen molar-refractivity contribution in [2.75, 3.05) is 31.2 Å². The average Bonchev–Trinajstić information content (AvgIpc) is 3.29. The first-order chi connectivity index (χ1) is 17.7. The van der Waals surface area contributed by atoms with Crippen LogP contribution in [-0.2, 0) is 50.4 Å². The molecule has 2 aliphatic heterocycles. The Bertz CT molecular complexity index is 1180. The van der Waals surface area contributed by atoms with Crippen LogP contribution in [0.25, 0.3) is 0 Å². The van der Waals surface area contributed by atoms with Crippen LogP contribution in [0.4, 0.5) is 10.5 Å². The summed E-state index contributed by atoms with van der Waals surface area (Å²) in [6.45, 7) is 11.9. The molecule has 2 aromatic rings. The first-order valence-electron chi connectivity index (χ1n) is 13.3. The van der Waals surface area contributed by atoms with E-state index in [4.69, 9.17) is 14.5 Å². The number of anilines is 1. The maximum absolute atomic E-state index is 14.0. The van der Waals surface area contributed by atoms with E-state index in [1.807, 2.05) is 24.0 Å². The van der Waals surface area contributed by atoms with Crippen LogP contribution in [0.1, 0.15) is 68.9 Å². The molecule has 1 aromatic heterocycles. The van der Waals surface area contributed by atoms with Crippen molar-refractivity contribution < 1.29 is 23.9 Å². The summed E-state index contributed by atoms with van der Waals surface area (Å²) in [6, 6.07) is 6.11. The molecule has 37 heavy (non-hydrogen) atoms. The molecule has 9 heteroatoms. The molecule has 0 radical (unpaired) electrons. The van der Waals surface area contributed by atoms with E-state index in [9.17, 15) is 14.4 Å². The highest BCUT2D eigenvalue weighted by Crippen LogP contribution is 2.48. The van der Waals surface area contributed by atoms with Gasteiger partial charge < -0.3 is 23.8 Å². The van der Waals surface area contributed by atoms with Gasteiger partial charge in [0.05, 0.1) is 25.5 Å². The highest BCUT2D eigenvalue weighted by atomic mass is 16.6. The zero-order valence-electron chi connectivity index (χ0n) is 22.6. The quantitative estimate of drug-likeness (QED) is 0.355. The number of amides is 2. The molecule has 1 fully saturated rings. The maximum atomic E-state index is 14.0. The number of imidazole rings is 1. The van der Waals surface area contributed by atoms with Crippen LogP contribution in [0.5, 0.6) is 0 Å². The van der Waals surface area contributed by atoms with Gasteiger partial charge in [-0.2, -0.15) is 0 Å². The van der Waals surface area contributed by atoms with Crippen LogP contribution in [-0.4, -0.2) is 58.7 Å². The Hall–Kier alpha value is -3.36. The number of likely N-dealkylation sites (tertiary alicyclic amines) is 1. The number of nitrogens with zero attached hydrogens (tertiary/aromatic N) is 4. The number of fused-ring (bicyclic) bond motifs is 2. The van der Waals surface area contributed by atoms with Gasteiger partial charge in [0.1, 0.15) is 11.2 Å². The van der Waals surface area contributed by atoms with E-state index in [2.05, 4.69) is 24.5 Å². The molecule has 1 saturated heterocycles. The summed E-state index contributed by atoms with van der Waals surface area (Å²) in [5.74, 6) is 0.605. The number of aromatic nitrogens is 2. The number of carbonyl (C=O) groups excluding carboxylic acids is 3. The van der Waals surface area contributed by atoms with Crippen LogP contribution in [0.2, 0.25) is 0 Å². The monoisotopic (exact) mass is 510 g/mol. The van der Waals surface area contributed by atoms with E-state index < -0.39 is 5.41 Å². The number of rotatable bonds is 10. The Morgan fingerprint density at radius 2 is 1.84 bits per heavy atom. The lowest BCUT2D eigenvalue weighted by molar-refractivity contribution is -0.141. The third-order valence-electron chi connectivity index (χ3n) is 7.35. The Balaban J connectivity index is 1.60. The third kappa shape index (κ3) is 4.95. The topological polar surface area (TPSA) is 94.0 Å². The molecule has 3 heterocycles. The summed E-state index contributed by atoms with van der Waals surface area (Å²) in [7, 11) is 0. The number of hydrogen-bond donors (Lipinski definition) is 0. The average molecular weight is 511 g/mol. The molecule has 0 atom stereocenters. The highest BCUT2D eigenvalue weighted by molar-refractivity contribution is 6.09. The van der Waals surface area contributed by atoms with E-state index in [0.717, 1.165) is 60.6 Å². The van der Waals surface area contributed by atoms with Gasteiger partial charge in [-0.05, 0) is 56.7 Å². The van der Waals surface area contributed by atoms with Crippen molar-refractivity contribution in [3.8, 4) is 0 Å². The summed E-state index contributed by atoms with van der Waals surface area (Å²) < 4.78 is 12.5. The largest absolute Gasteiger partial charge is 0.466 e. The first kappa shape index (κ1) is 26.7. The van der Waals surface area contributed by atoms with Gasteiger partial charge in [-0.1, -0.05) is 26.0 Å². The van der Waals surface area contributed by atoms with E-state index in [1.165, 1.54) is 12.6 Å². The minimum atomic E-state index is -0.738. The molecule has 1 spiro atoms. The van der Waals surface area contributed by atoms with Gasteiger partial charge in [0.2, 0.25) is 5.91 Å². The lowest BCUT2D eigenvalue weighted by Crippen LogP contribution is -2.65. The molecule has 1 aromatic carbocycles. The van der Waals surface area contributed by atoms with E-state index in [0.29, 0.717) is 32.8 Å². The van der Waals surface area contributed by atoms with Gasteiger partial charge in [-0.15, -0.1) is 0 Å². The van der Waals surface area contributed by atoms with Gasteiger partial charge in [0.15, 0.2) is 0 Å². The Morgan fingerprint density at radius 1 is 1.08 bits per heavy atom. The SMILES string of the molecule is CCOC(=O)N1CC2(C1)C(=O)N(Cc1nc(CC)c(CC)n1CCCCOC(C)=O)c1cc(C)ccc12. The molecule has 0 N–H and O–H groups in total. The zero-order valence-corrected chi connectivity index (χ0v) is 22.6. The number of ether oxygens (including phenoxy) is 2. The number of aryl methyl sites for hydroxylation is 2. The van der Waals surface area contributed by atoms with E-state index >= 15 is 0 Å². The fourth-order valence-electron chi connectivity index (χ4n) is 5.55. The molecular weight excluding hydrogens is 472 g/mol. The second kappa shape index (κ2) is 10.9. The number of unbranched alkanes of at least 4 members (excludes halogenated alkanes) is 1. The Labute approximate surface area is 218 Å². The third-order valence-corrected chi connectivity index (χ3v) is 7.35. The second-order valence-corrected chi connectivity index (χ2v) is 9.88. The molecular formula is C28H38N4O5. The van der Waals surface area contributed by atoms with Crippen molar-refractivity contribution in [1.82, 2.24) is 14.5 Å². The van der Waals surface area contributed by atoms with Crippen molar-refractivity contribution in [3.05, 3.63) is 46.5 Å². The van der Waals surface area contributed by atoms with E-state index in [1.54, 1.807) is 11.8 Å². The lowest BCUT2D eigenvalue weighted by Gasteiger charge is -2.45. The molecule has 9 nitrogen and oxygen atoms in total. The van der Waals surface area contributed by atoms with E-state index in [-0.39, 0.29) is 18.0 Å². The van der Waals surface area contributed by atoms with Crippen molar-refractivity contribution in [3.63, 3.8) is 0 Å². The molecule has 0 saturated carbocycles. The summed E-state index contributed by atoms with van der Waals surface area (Å²) in [6.07, 6.45) is 2.90. The predicted octanol–water partition coefficient (Wildman–Crippen LogP) is 3.92. The Kier molecular flexibility index (Phi) is 7.90. The van der Waals surface area contributed by atoms with Gasteiger partial charge >= 0.3 is 12.1 Å². The first-order valence-corrected chi connectivity index (χ1v) is 13.3. The molecule has 0 aliphatic carbocycles. The number of hydrogen-bond acceptors (Lipinski definition) is 6. The summed E-state index contributed by atoms with van der Waals surface area (Å²) in [5, 5.41) is 0. The van der Waals surface area contributed by atoms with Crippen molar-refractivity contribution in [2.24, 2.45) is 0 Å². The van der Waals surface area contributed by atoms with Gasteiger partial charge in [-0.3, -0.25) is 9.59 Å². The van der Waals surface area contributed by atoms with Crippen LogP contribution >= 0.6 is 0 Å². The van der Waals surface area contributed by atoms with Crippen LogP contribution < -0.4 is 4.90 Å². The smallest absolute Gasteiger partial charge is 0.409 e. The zero-order chi connectivity index (χ0) is 26.7. The minimum Gasteiger partial charge on any atom is -0.466 e. The standard InChI is InChI=1S/C28H38N4O5/c1-6-22-23(7-2)31(13-9-10-14-37-20(5)33)25(29-22)16-32-24-15-19(4)11-12-21(24)28(26(32)34)17-30(18-28)27(35)36-8-3/h11-12,15H,6-10,13-14,16-18H2,1-5H3. The number of benzene rings is 1. The van der Waals surface area contributed by atoms with Gasteiger partial charge in [0, 0.05) is 37.9 Å².